The molecule has 6 nitrogen and oxygen atoms in total. The molecule has 134 valence electrons. The lowest BCUT2D eigenvalue weighted by molar-refractivity contribution is 0.0525. The summed E-state index contributed by atoms with van der Waals surface area (Å²) in [6.07, 6.45) is 0. The van der Waals surface area contributed by atoms with Gasteiger partial charge in [0.15, 0.2) is 0 Å². The summed E-state index contributed by atoms with van der Waals surface area (Å²) in [6.45, 7) is 7.22. The third kappa shape index (κ3) is 3.72. The summed E-state index contributed by atoms with van der Waals surface area (Å²) >= 11 is 0. The molecule has 0 unspecified atom stereocenters. The maximum absolute atomic E-state index is 12.6. The first-order valence-electron chi connectivity index (χ1n) is 8.30. The van der Waals surface area contributed by atoms with Crippen LogP contribution in [-0.4, -0.2) is 30.1 Å². The van der Waals surface area contributed by atoms with Gasteiger partial charge in [0, 0.05) is 5.56 Å². The first kappa shape index (κ1) is 19.1. The van der Waals surface area contributed by atoms with Crippen LogP contribution in [0.2, 0.25) is 0 Å². The molecule has 0 atom stereocenters. The highest BCUT2D eigenvalue weighted by molar-refractivity contribution is 6.07. The molecular formula is C20H20N2O4. The van der Waals surface area contributed by atoms with E-state index in [9.17, 15) is 9.59 Å². The summed E-state index contributed by atoms with van der Waals surface area (Å²) in [6, 6.07) is 8.69. The number of rotatable bonds is 5. The Morgan fingerprint density at radius 2 is 1.42 bits per heavy atom. The van der Waals surface area contributed by atoms with Gasteiger partial charge in [0.1, 0.15) is 0 Å². The molecule has 0 aliphatic rings. The molecule has 0 saturated heterocycles. The van der Waals surface area contributed by atoms with Gasteiger partial charge >= 0.3 is 11.9 Å². The van der Waals surface area contributed by atoms with Crippen molar-refractivity contribution >= 4 is 11.9 Å². The molecule has 0 radical (unpaired) electrons. The Morgan fingerprint density at radius 1 is 0.962 bits per heavy atom. The highest BCUT2D eigenvalue weighted by Gasteiger charge is 2.27. The van der Waals surface area contributed by atoms with Crippen LogP contribution in [0.1, 0.15) is 51.5 Å². The van der Waals surface area contributed by atoms with Gasteiger partial charge in [-0.25, -0.2) is 9.59 Å². The van der Waals surface area contributed by atoms with Crippen LogP contribution in [0.4, 0.5) is 0 Å². The molecule has 2 rings (SSSR count). The first-order valence-corrected chi connectivity index (χ1v) is 8.30. The number of esters is 2. The van der Waals surface area contributed by atoms with Crippen LogP contribution in [0, 0.1) is 25.2 Å². The van der Waals surface area contributed by atoms with Gasteiger partial charge in [-0.2, -0.15) is 5.26 Å². The number of carbonyl (C=O) groups is 2. The number of aromatic nitrogens is 1. The number of hydrogen-bond acceptors (Lipinski definition) is 6. The van der Waals surface area contributed by atoms with E-state index in [1.807, 2.05) is 6.07 Å². The number of ether oxygens (including phenoxy) is 2. The minimum Gasteiger partial charge on any atom is -0.462 e. The molecule has 0 spiro atoms. The monoisotopic (exact) mass is 352 g/mol. The van der Waals surface area contributed by atoms with Gasteiger partial charge in [-0.1, -0.05) is 12.1 Å². The molecule has 2 aromatic rings. The zero-order chi connectivity index (χ0) is 19.3. The average molecular weight is 352 g/mol. The van der Waals surface area contributed by atoms with E-state index in [4.69, 9.17) is 14.7 Å². The van der Waals surface area contributed by atoms with Crippen molar-refractivity contribution in [2.75, 3.05) is 13.2 Å². The van der Waals surface area contributed by atoms with E-state index >= 15 is 0 Å². The molecule has 0 bridgehead atoms. The van der Waals surface area contributed by atoms with Crippen LogP contribution in [-0.2, 0) is 9.47 Å². The van der Waals surface area contributed by atoms with Crippen molar-refractivity contribution in [1.29, 1.82) is 5.26 Å². The van der Waals surface area contributed by atoms with Crippen molar-refractivity contribution < 1.29 is 19.1 Å². The highest BCUT2D eigenvalue weighted by Crippen LogP contribution is 2.32. The summed E-state index contributed by atoms with van der Waals surface area (Å²) in [5.41, 5.74) is 2.89. The zero-order valence-corrected chi connectivity index (χ0v) is 15.3. The number of hydrogen-bond donors (Lipinski definition) is 0. The smallest absolute Gasteiger partial charge is 0.340 e. The standard InChI is InChI=1S/C20H20N2O4/c1-5-25-19(23)16-12(3)22-13(4)17(20(24)26-6-2)18(16)15-9-7-14(11-21)8-10-15/h7-10H,5-6H2,1-4H3. The quantitative estimate of drug-likeness (QED) is 0.764. The van der Waals surface area contributed by atoms with Crippen molar-refractivity contribution in [3.8, 4) is 17.2 Å². The van der Waals surface area contributed by atoms with Gasteiger partial charge < -0.3 is 9.47 Å². The highest BCUT2D eigenvalue weighted by atomic mass is 16.5. The zero-order valence-electron chi connectivity index (χ0n) is 15.3. The van der Waals surface area contributed by atoms with Crippen LogP contribution in [0.3, 0.4) is 0 Å². The number of nitrogens with zero attached hydrogens (tertiary/aromatic N) is 2. The predicted octanol–water partition coefficient (Wildman–Crippen LogP) is 3.59. The maximum Gasteiger partial charge on any atom is 0.340 e. The number of nitriles is 1. The number of aryl methyl sites for hydroxylation is 2. The third-order valence-electron chi connectivity index (χ3n) is 3.82. The van der Waals surface area contributed by atoms with Crippen LogP contribution in [0.25, 0.3) is 11.1 Å². The Labute approximate surface area is 152 Å². The van der Waals surface area contributed by atoms with Gasteiger partial charge in [0.2, 0.25) is 0 Å². The Bertz CT molecular complexity index is 838. The van der Waals surface area contributed by atoms with E-state index in [1.165, 1.54) is 0 Å². The molecule has 0 N–H and O–H groups in total. The van der Waals surface area contributed by atoms with E-state index in [0.29, 0.717) is 28.1 Å². The molecule has 1 aromatic carbocycles. The molecule has 0 fully saturated rings. The Balaban J connectivity index is 2.83. The molecule has 0 aliphatic heterocycles. The Hall–Kier alpha value is -3.20. The van der Waals surface area contributed by atoms with Crippen molar-refractivity contribution in [2.45, 2.75) is 27.7 Å². The summed E-state index contributed by atoms with van der Waals surface area (Å²) < 4.78 is 10.3. The molecule has 6 heteroatoms. The van der Waals surface area contributed by atoms with Crippen molar-refractivity contribution in [3.05, 3.63) is 52.3 Å². The molecule has 26 heavy (non-hydrogen) atoms. The Kier molecular flexibility index (Phi) is 6.07. The number of benzene rings is 1. The average Bonchev–Trinajstić information content (AvgIpc) is 2.61. The predicted molar refractivity (Wildman–Crippen MR) is 95.8 cm³/mol. The van der Waals surface area contributed by atoms with E-state index in [1.54, 1.807) is 52.0 Å². The van der Waals surface area contributed by atoms with E-state index in [-0.39, 0.29) is 24.3 Å². The fourth-order valence-electron chi connectivity index (χ4n) is 2.76. The summed E-state index contributed by atoms with van der Waals surface area (Å²) in [4.78, 5) is 29.5. The van der Waals surface area contributed by atoms with Crippen molar-refractivity contribution in [1.82, 2.24) is 4.98 Å². The third-order valence-corrected chi connectivity index (χ3v) is 3.82. The lowest BCUT2D eigenvalue weighted by Crippen LogP contribution is -2.17. The summed E-state index contributed by atoms with van der Waals surface area (Å²) in [7, 11) is 0. The second-order valence-electron chi connectivity index (χ2n) is 5.54. The van der Waals surface area contributed by atoms with Crippen molar-refractivity contribution in [2.24, 2.45) is 0 Å². The lowest BCUT2D eigenvalue weighted by Gasteiger charge is -2.17. The van der Waals surface area contributed by atoms with Gasteiger partial charge in [-0.3, -0.25) is 4.98 Å². The SMILES string of the molecule is CCOC(=O)c1c(C)nc(C)c(C(=O)OCC)c1-c1ccc(C#N)cc1. The Morgan fingerprint density at radius 3 is 1.81 bits per heavy atom. The largest absolute Gasteiger partial charge is 0.462 e. The minimum atomic E-state index is -0.553. The number of pyridine rings is 1. The van der Waals surface area contributed by atoms with Gasteiger partial charge in [0.05, 0.1) is 47.4 Å². The minimum absolute atomic E-state index is 0.202. The van der Waals surface area contributed by atoms with Crippen LogP contribution >= 0.6 is 0 Å². The van der Waals surface area contributed by atoms with Gasteiger partial charge in [0.25, 0.3) is 0 Å². The molecule has 0 amide bonds. The topological polar surface area (TPSA) is 89.3 Å². The van der Waals surface area contributed by atoms with Crippen molar-refractivity contribution in [3.63, 3.8) is 0 Å². The summed E-state index contributed by atoms with van der Waals surface area (Å²) in [5, 5.41) is 9.00. The lowest BCUT2D eigenvalue weighted by atomic mass is 9.92. The van der Waals surface area contributed by atoms with Gasteiger partial charge in [-0.05, 0) is 45.4 Å². The fourth-order valence-corrected chi connectivity index (χ4v) is 2.76. The summed E-state index contributed by atoms with van der Waals surface area (Å²) in [5.74, 6) is -1.11. The van der Waals surface area contributed by atoms with Crippen LogP contribution in [0.5, 0.6) is 0 Å². The molecule has 0 aliphatic carbocycles. The normalized spacial score (nSPS) is 10.1. The van der Waals surface area contributed by atoms with E-state index < -0.39 is 11.9 Å². The van der Waals surface area contributed by atoms with E-state index in [0.717, 1.165) is 0 Å². The van der Waals surface area contributed by atoms with Crippen LogP contribution in [0.15, 0.2) is 24.3 Å². The van der Waals surface area contributed by atoms with Gasteiger partial charge in [-0.15, -0.1) is 0 Å². The maximum atomic E-state index is 12.6. The van der Waals surface area contributed by atoms with E-state index in [2.05, 4.69) is 4.98 Å². The number of carbonyl (C=O) groups excluding carboxylic acids is 2. The van der Waals surface area contributed by atoms with Crippen LogP contribution < -0.4 is 0 Å². The second kappa shape index (κ2) is 8.26. The molecular weight excluding hydrogens is 332 g/mol. The first-order chi connectivity index (χ1) is 12.4. The molecule has 0 saturated carbocycles. The second-order valence-corrected chi connectivity index (χ2v) is 5.54. The molecule has 1 aromatic heterocycles. The fraction of sp³-hybridized carbons (Fsp3) is 0.300. The molecule has 1 heterocycles.